The third-order valence-electron chi connectivity index (χ3n) is 3.75. The van der Waals surface area contributed by atoms with Gasteiger partial charge < -0.3 is 19.7 Å². The molecule has 0 spiro atoms. The Morgan fingerprint density at radius 2 is 2.09 bits per heavy atom. The number of nitrogens with one attached hydrogen (secondary N) is 1. The van der Waals surface area contributed by atoms with Crippen LogP contribution in [0.25, 0.3) is 0 Å². The van der Waals surface area contributed by atoms with E-state index in [-0.39, 0.29) is 0 Å². The summed E-state index contributed by atoms with van der Waals surface area (Å²) in [4.78, 5) is 8.98. The van der Waals surface area contributed by atoms with Crippen LogP contribution in [-0.2, 0) is 13.6 Å². The molecule has 0 aliphatic rings. The Morgan fingerprint density at radius 3 is 2.59 bits per heavy atom. The maximum absolute atomic E-state index is 4.38. The smallest absolute Gasteiger partial charge is 0.193 e. The van der Waals surface area contributed by atoms with Crippen molar-refractivity contribution >= 4 is 21.9 Å². The van der Waals surface area contributed by atoms with Gasteiger partial charge in [0.05, 0.1) is 6.54 Å². The number of likely N-dealkylation sites (N-methyl/N-ethyl adjacent to an activating group) is 1. The maximum atomic E-state index is 4.38. The van der Waals surface area contributed by atoms with Crippen molar-refractivity contribution in [2.45, 2.75) is 26.8 Å². The summed E-state index contributed by atoms with van der Waals surface area (Å²) in [5.41, 5.74) is 1.25. The molecule has 0 saturated heterocycles. The van der Waals surface area contributed by atoms with Crippen LogP contribution in [0.2, 0.25) is 0 Å². The van der Waals surface area contributed by atoms with Crippen LogP contribution in [0.5, 0.6) is 0 Å². The summed E-state index contributed by atoms with van der Waals surface area (Å²) in [6.45, 7) is 9.48. The van der Waals surface area contributed by atoms with Crippen LogP contribution in [0.15, 0.2) is 21.7 Å². The molecule has 5 nitrogen and oxygen atoms in total. The molecule has 0 radical (unpaired) electrons. The molecular formula is C16H30BrN5. The highest BCUT2D eigenvalue weighted by atomic mass is 79.9. The molecule has 1 aromatic heterocycles. The molecule has 0 aliphatic carbocycles. The summed E-state index contributed by atoms with van der Waals surface area (Å²) in [7, 11) is 5.97. The summed E-state index contributed by atoms with van der Waals surface area (Å²) in [5, 5.41) is 3.45. The first-order chi connectivity index (χ1) is 10.5. The van der Waals surface area contributed by atoms with Crippen LogP contribution in [-0.4, -0.2) is 60.6 Å². The second kappa shape index (κ2) is 9.90. The van der Waals surface area contributed by atoms with Crippen LogP contribution in [0.1, 0.15) is 26.0 Å². The topological polar surface area (TPSA) is 35.8 Å². The number of halogens is 1. The zero-order valence-corrected chi connectivity index (χ0v) is 16.2. The molecule has 1 rings (SSSR count). The highest BCUT2D eigenvalue weighted by Gasteiger charge is 2.10. The number of aryl methyl sites for hydroxylation is 1. The van der Waals surface area contributed by atoms with Gasteiger partial charge in [0, 0.05) is 50.6 Å². The molecule has 0 unspecified atom stereocenters. The van der Waals surface area contributed by atoms with Gasteiger partial charge in [0.2, 0.25) is 0 Å². The molecule has 0 aliphatic heterocycles. The number of rotatable bonds is 8. The lowest BCUT2D eigenvalue weighted by Gasteiger charge is -2.24. The number of nitrogens with zero attached hydrogens (tertiary/aromatic N) is 4. The van der Waals surface area contributed by atoms with Gasteiger partial charge in [-0.3, -0.25) is 4.99 Å². The Morgan fingerprint density at radius 1 is 1.36 bits per heavy atom. The van der Waals surface area contributed by atoms with E-state index in [1.165, 1.54) is 12.1 Å². The van der Waals surface area contributed by atoms with E-state index in [1.807, 2.05) is 7.05 Å². The molecule has 0 aromatic carbocycles. The fraction of sp³-hybridized carbons (Fsp3) is 0.688. The van der Waals surface area contributed by atoms with Gasteiger partial charge in [0.25, 0.3) is 0 Å². The van der Waals surface area contributed by atoms with Crippen molar-refractivity contribution < 1.29 is 0 Å². The summed E-state index contributed by atoms with van der Waals surface area (Å²) in [6.07, 6.45) is 3.27. The van der Waals surface area contributed by atoms with Gasteiger partial charge in [-0.15, -0.1) is 0 Å². The van der Waals surface area contributed by atoms with Gasteiger partial charge in [-0.05, 0) is 41.5 Å². The molecule has 126 valence electrons. The molecule has 1 N–H and O–H groups in total. The van der Waals surface area contributed by atoms with Crippen molar-refractivity contribution in [3.63, 3.8) is 0 Å². The highest BCUT2D eigenvalue weighted by Crippen LogP contribution is 2.14. The van der Waals surface area contributed by atoms with Crippen LogP contribution >= 0.6 is 15.9 Å². The number of guanidine groups is 1. The first-order valence-corrected chi connectivity index (χ1v) is 8.75. The van der Waals surface area contributed by atoms with E-state index in [0.29, 0.717) is 0 Å². The lowest BCUT2D eigenvalue weighted by atomic mass is 10.4. The Labute approximate surface area is 143 Å². The molecule has 0 fully saturated rings. The van der Waals surface area contributed by atoms with Gasteiger partial charge in [0.1, 0.15) is 0 Å². The molecule has 1 heterocycles. The van der Waals surface area contributed by atoms with Gasteiger partial charge in [0.15, 0.2) is 5.96 Å². The van der Waals surface area contributed by atoms with Crippen LogP contribution in [0.3, 0.4) is 0 Å². The maximum Gasteiger partial charge on any atom is 0.193 e. The molecule has 22 heavy (non-hydrogen) atoms. The highest BCUT2D eigenvalue weighted by molar-refractivity contribution is 9.10. The molecule has 0 bridgehead atoms. The number of aliphatic imine (C=N–C) groups is 1. The Hall–Kier alpha value is -1.01. The summed E-state index contributed by atoms with van der Waals surface area (Å²) in [5.74, 6) is 0.935. The quantitative estimate of drug-likeness (QED) is 0.563. The third-order valence-corrected chi connectivity index (χ3v) is 4.18. The second-order valence-corrected chi connectivity index (χ2v) is 6.44. The minimum atomic E-state index is 0.828. The SMILES string of the molecule is CCCN(CC)CCNC(=NC)N(C)Cc1cc(Br)cn1C. The molecule has 0 amide bonds. The van der Waals surface area contributed by atoms with E-state index >= 15 is 0 Å². The number of aromatic nitrogens is 1. The van der Waals surface area contributed by atoms with E-state index in [0.717, 1.165) is 43.2 Å². The number of hydrogen-bond donors (Lipinski definition) is 1. The van der Waals surface area contributed by atoms with Crippen LogP contribution in [0, 0.1) is 0 Å². The van der Waals surface area contributed by atoms with E-state index in [2.05, 4.69) is 80.8 Å². The van der Waals surface area contributed by atoms with Crippen molar-refractivity contribution in [3.8, 4) is 0 Å². The predicted octanol–water partition coefficient (Wildman–Crippen LogP) is 2.53. The van der Waals surface area contributed by atoms with Crippen molar-refractivity contribution in [2.24, 2.45) is 12.0 Å². The Bertz CT molecular complexity index is 469. The molecule has 1 aromatic rings. The molecule has 0 saturated carbocycles. The standard InChI is InChI=1S/C16H30BrN5/c1-6-9-22(7-2)10-8-19-16(18-3)21(5)13-15-11-14(17)12-20(15)4/h11-12H,6-10,13H2,1-5H3,(H,18,19). The summed E-state index contributed by atoms with van der Waals surface area (Å²) < 4.78 is 3.24. The predicted molar refractivity (Wildman–Crippen MR) is 98.3 cm³/mol. The van der Waals surface area contributed by atoms with Crippen LogP contribution in [0.4, 0.5) is 0 Å². The van der Waals surface area contributed by atoms with Crippen molar-refractivity contribution in [3.05, 3.63) is 22.4 Å². The summed E-state index contributed by atoms with van der Waals surface area (Å²) >= 11 is 3.52. The zero-order chi connectivity index (χ0) is 16.5. The van der Waals surface area contributed by atoms with Gasteiger partial charge in [-0.1, -0.05) is 13.8 Å². The lowest BCUT2D eigenvalue weighted by Crippen LogP contribution is -2.42. The lowest BCUT2D eigenvalue weighted by molar-refractivity contribution is 0.291. The normalized spacial score (nSPS) is 12.0. The van der Waals surface area contributed by atoms with Crippen molar-refractivity contribution in [2.75, 3.05) is 40.3 Å². The van der Waals surface area contributed by atoms with Crippen molar-refractivity contribution in [1.29, 1.82) is 0 Å². The first kappa shape index (κ1) is 19.0. The molecule has 0 atom stereocenters. The summed E-state index contributed by atoms with van der Waals surface area (Å²) in [6, 6.07) is 2.14. The zero-order valence-electron chi connectivity index (χ0n) is 14.6. The van der Waals surface area contributed by atoms with Gasteiger partial charge >= 0.3 is 0 Å². The fourth-order valence-corrected chi connectivity index (χ4v) is 3.07. The second-order valence-electron chi connectivity index (χ2n) is 5.52. The number of hydrogen-bond acceptors (Lipinski definition) is 2. The average molecular weight is 372 g/mol. The van der Waals surface area contributed by atoms with Crippen molar-refractivity contribution in [1.82, 2.24) is 19.7 Å². The van der Waals surface area contributed by atoms with Crippen LogP contribution < -0.4 is 5.32 Å². The monoisotopic (exact) mass is 371 g/mol. The fourth-order valence-electron chi connectivity index (χ4n) is 2.50. The largest absolute Gasteiger partial charge is 0.355 e. The minimum Gasteiger partial charge on any atom is -0.355 e. The minimum absolute atomic E-state index is 0.828. The molecule has 6 heteroatoms. The third kappa shape index (κ3) is 6.01. The Balaban J connectivity index is 2.48. The first-order valence-electron chi connectivity index (χ1n) is 7.96. The van der Waals surface area contributed by atoms with Gasteiger partial charge in [-0.2, -0.15) is 0 Å². The van der Waals surface area contributed by atoms with E-state index in [4.69, 9.17) is 0 Å². The van der Waals surface area contributed by atoms with E-state index in [9.17, 15) is 0 Å². The van der Waals surface area contributed by atoms with E-state index in [1.54, 1.807) is 0 Å². The van der Waals surface area contributed by atoms with E-state index < -0.39 is 0 Å². The Kier molecular flexibility index (Phi) is 8.56. The van der Waals surface area contributed by atoms with Gasteiger partial charge in [-0.25, -0.2) is 0 Å². The average Bonchev–Trinajstić information content (AvgIpc) is 2.80. The molecular weight excluding hydrogens is 342 g/mol.